The van der Waals surface area contributed by atoms with Crippen LogP contribution in [-0.2, 0) is 11.3 Å². The van der Waals surface area contributed by atoms with Crippen LogP contribution in [0.1, 0.15) is 48.0 Å². The van der Waals surface area contributed by atoms with Gasteiger partial charge in [-0.05, 0) is 93.6 Å². The highest BCUT2D eigenvalue weighted by Gasteiger charge is 2.24. The second-order valence-electron chi connectivity index (χ2n) is 9.15. The number of carbonyl (C=O) groups excluding carboxylic acids is 2. The molecule has 36 heavy (non-hydrogen) atoms. The van der Waals surface area contributed by atoms with E-state index in [9.17, 15) is 9.59 Å². The molecule has 0 saturated carbocycles. The summed E-state index contributed by atoms with van der Waals surface area (Å²) in [7, 11) is 0. The Bertz CT molecular complexity index is 1040. The number of unbranched alkanes of at least 4 members (excludes halogenated alkanes) is 1. The van der Waals surface area contributed by atoms with Crippen molar-refractivity contribution in [3.63, 3.8) is 0 Å². The SMILES string of the molecule is NCCCC[C@H](NC(=O)c1ccc(Cl)c(Cl)c1)C(=O)NCC1CCN(Cc2ccc(Cl)c(Cl)c2)CC1. The molecule has 10 heteroatoms. The Labute approximate surface area is 232 Å². The molecule has 4 N–H and O–H groups in total. The largest absolute Gasteiger partial charge is 0.354 e. The number of nitrogens with zero attached hydrogens (tertiary/aromatic N) is 1. The molecule has 1 heterocycles. The summed E-state index contributed by atoms with van der Waals surface area (Å²) < 4.78 is 0. The zero-order chi connectivity index (χ0) is 26.1. The summed E-state index contributed by atoms with van der Waals surface area (Å²) in [6.07, 6.45) is 4.00. The highest BCUT2D eigenvalue weighted by Crippen LogP contribution is 2.25. The molecular weight excluding hydrogens is 542 g/mol. The van der Waals surface area contributed by atoms with Crippen LogP contribution in [0.5, 0.6) is 0 Å². The smallest absolute Gasteiger partial charge is 0.251 e. The number of rotatable bonds is 11. The van der Waals surface area contributed by atoms with Gasteiger partial charge >= 0.3 is 0 Å². The fraction of sp³-hybridized carbons (Fsp3) is 0.462. The van der Waals surface area contributed by atoms with Crippen molar-refractivity contribution in [3.05, 3.63) is 67.6 Å². The Morgan fingerprint density at radius 2 is 1.61 bits per heavy atom. The van der Waals surface area contributed by atoms with Gasteiger partial charge in [0.05, 0.1) is 20.1 Å². The minimum atomic E-state index is -0.645. The van der Waals surface area contributed by atoms with E-state index >= 15 is 0 Å². The monoisotopic (exact) mass is 572 g/mol. The van der Waals surface area contributed by atoms with Gasteiger partial charge in [-0.15, -0.1) is 0 Å². The van der Waals surface area contributed by atoms with Gasteiger partial charge in [0.2, 0.25) is 5.91 Å². The van der Waals surface area contributed by atoms with Gasteiger partial charge in [-0.1, -0.05) is 52.5 Å². The summed E-state index contributed by atoms with van der Waals surface area (Å²) >= 11 is 24.1. The number of nitrogens with one attached hydrogen (secondary N) is 2. The summed E-state index contributed by atoms with van der Waals surface area (Å²) in [6.45, 7) is 3.81. The van der Waals surface area contributed by atoms with Gasteiger partial charge in [-0.2, -0.15) is 0 Å². The molecule has 1 atom stereocenters. The van der Waals surface area contributed by atoms with Gasteiger partial charge in [-0.3, -0.25) is 14.5 Å². The molecule has 2 amide bonds. The molecule has 0 unspecified atom stereocenters. The van der Waals surface area contributed by atoms with Crippen molar-refractivity contribution >= 4 is 58.2 Å². The average molecular weight is 574 g/mol. The van der Waals surface area contributed by atoms with Gasteiger partial charge in [-0.25, -0.2) is 0 Å². The average Bonchev–Trinajstić information content (AvgIpc) is 2.86. The molecule has 0 spiro atoms. The fourth-order valence-corrected chi connectivity index (χ4v) is 4.87. The maximum atomic E-state index is 13.0. The van der Waals surface area contributed by atoms with Crippen molar-refractivity contribution in [1.82, 2.24) is 15.5 Å². The lowest BCUT2D eigenvalue weighted by molar-refractivity contribution is -0.123. The first-order valence-electron chi connectivity index (χ1n) is 12.2. The topological polar surface area (TPSA) is 87.5 Å². The number of nitrogens with two attached hydrogens (primary N) is 1. The first kappa shape index (κ1) is 29.0. The Kier molecular flexibility index (Phi) is 11.6. The van der Waals surface area contributed by atoms with E-state index in [4.69, 9.17) is 52.1 Å². The predicted octanol–water partition coefficient (Wildman–Crippen LogP) is 5.56. The van der Waals surface area contributed by atoms with Crippen molar-refractivity contribution in [2.24, 2.45) is 11.7 Å². The Balaban J connectivity index is 1.49. The number of hydrogen-bond acceptors (Lipinski definition) is 4. The first-order chi connectivity index (χ1) is 17.3. The van der Waals surface area contributed by atoms with E-state index in [0.29, 0.717) is 51.1 Å². The summed E-state index contributed by atoms with van der Waals surface area (Å²) in [5, 5.41) is 7.69. The minimum Gasteiger partial charge on any atom is -0.354 e. The number of likely N-dealkylation sites (tertiary alicyclic amines) is 1. The molecule has 196 valence electrons. The van der Waals surface area contributed by atoms with Crippen LogP contribution in [0.3, 0.4) is 0 Å². The van der Waals surface area contributed by atoms with Crippen molar-refractivity contribution in [2.75, 3.05) is 26.2 Å². The predicted molar refractivity (Wildman–Crippen MR) is 148 cm³/mol. The lowest BCUT2D eigenvalue weighted by Gasteiger charge is -2.32. The Morgan fingerprint density at radius 3 is 2.25 bits per heavy atom. The zero-order valence-electron chi connectivity index (χ0n) is 20.0. The van der Waals surface area contributed by atoms with Crippen LogP contribution in [-0.4, -0.2) is 48.9 Å². The van der Waals surface area contributed by atoms with E-state index in [2.05, 4.69) is 15.5 Å². The molecule has 0 bridgehead atoms. The molecule has 1 aliphatic rings. The number of benzene rings is 2. The Morgan fingerprint density at radius 1 is 0.944 bits per heavy atom. The van der Waals surface area contributed by atoms with E-state index in [1.807, 2.05) is 18.2 Å². The lowest BCUT2D eigenvalue weighted by Crippen LogP contribution is -2.48. The van der Waals surface area contributed by atoms with E-state index in [0.717, 1.165) is 50.9 Å². The molecule has 0 aliphatic carbocycles. The number of hydrogen-bond donors (Lipinski definition) is 3. The Hall–Kier alpha value is -1.54. The third-order valence-corrected chi connectivity index (χ3v) is 7.89. The van der Waals surface area contributed by atoms with E-state index < -0.39 is 6.04 Å². The van der Waals surface area contributed by atoms with Gasteiger partial charge in [0, 0.05) is 18.7 Å². The number of carbonyl (C=O) groups is 2. The number of piperidine rings is 1. The molecule has 6 nitrogen and oxygen atoms in total. The molecule has 2 aromatic rings. The first-order valence-corrected chi connectivity index (χ1v) is 13.7. The maximum Gasteiger partial charge on any atom is 0.251 e. The van der Waals surface area contributed by atoms with Crippen molar-refractivity contribution in [1.29, 1.82) is 0 Å². The van der Waals surface area contributed by atoms with Crippen LogP contribution in [0.4, 0.5) is 0 Å². The van der Waals surface area contributed by atoms with Crippen LogP contribution >= 0.6 is 46.4 Å². The third-order valence-electron chi connectivity index (χ3n) is 6.41. The van der Waals surface area contributed by atoms with E-state index in [1.165, 1.54) is 6.07 Å². The van der Waals surface area contributed by atoms with Gasteiger partial charge < -0.3 is 16.4 Å². The second kappa shape index (κ2) is 14.4. The van der Waals surface area contributed by atoms with E-state index in [-0.39, 0.29) is 11.8 Å². The van der Waals surface area contributed by atoms with Crippen LogP contribution in [0.15, 0.2) is 36.4 Å². The summed E-state index contributed by atoms with van der Waals surface area (Å²) in [5.74, 6) is -0.162. The fourth-order valence-electron chi connectivity index (χ4n) is 4.25. The van der Waals surface area contributed by atoms with Crippen LogP contribution in [0, 0.1) is 5.92 Å². The molecular formula is C26H32Cl4N4O2. The van der Waals surface area contributed by atoms with Crippen molar-refractivity contribution in [2.45, 2.75) is 44.7 Å². The highest BCUT2D eigenvalue weighted by molar-refractivity contribution is 6.42. The maximum absolute atomic E-state index is 13.0. The summed E-state index contributed by atoms with van der Waals surface area (Å²) in [4.78, 5) is 28.1. The normalized spacial score (nSPS) is 15.5. The molecule has 2 aromatic carbocycles. The van der Waals surface area contributed by atoms with Crippen molar-refractivity contribution in [3.8, 4) is 0 Å². The molecule has 1 fully saturated rings. The standard InChI is InChI=1S/C26H32Cl4N4O2/c27-20-6-4-18(13-22(20)29)16-34-11-8-17(9-12-34)15-32-26(36)24(3-1-2-10-31)33-25(35)19-5-7-21(28)23(30)14-19/h4-7,13-14,17,24H,1-3,8-12,15-16,31H2,(H,32,36)(H,33,35)/t24-/m0/s1. The number of amides is 2. The summed E-state index contributed by atoms with van der Waals surface area (Å²) in [5.41, 5.74) is 7.10. The molecule has 3 rings (SSSR count). The van der Waals surface area contributed by atoms with Gasteiger partial charge in [0.25, 0.3) is 5.91 Å². The minimum absolute atomic E-state index is 0.182. The van der Waals surface area contributed by atoms with Crippen LogP contribution in [0.25, 0.3) is 0 Å². The quantitative estimate of drug-likeness (QED) is 0.307. The third kappa shape index (κ3) is 8.79. The molecule has 1 saturated heterocycles. The lowest BCUT2D eigenvalue weighted by atomic mass is 9.96. The number of halogens is 4. The highest BCUT2D eigenvalue weighted by atomic mass is 35.5. The molecule has 0 aromatic heterocycles. The molecule has 1 aliphatic heterocycles. The van der Waals surface area contributed by atoms with Crippen LogP contribution in [0.2, 0.25) is 20.1 Å². The summed E-state index contributed by atoms with van der Waals surface area (Å²) in [6, 6.07) is 9.74. The van der Waals surface area contributed by atoms with Crippen molar-refractivity contribution < 1.29 is 9.59 Å². The second-order valence-corrected chi connectivity index (χ2v) is 10.8. The molecule has 0 radical (unpaired) electrons. The zero-order valence-corrected chi connectivity index (χ0v) is 23.1. The van der Waals surface area contributed by atoms with E-state index in [1.54, 1.807) is 12.1 Å². The van der Waals surface area contributed by atoms with Crippen LogP contribution < -0.4 is 16.4 Å². The van der Waals surface area contributed by atoms with Gasteiger partial charge in [0.15, 0.2) is 0 Å². The van der Waals surface area contributed by atoms with Gasteiger partial charge in [0.1, 0.15) is 6.04 Å².